The number of aromatic amines is 1. The van der Waals surface area contributed by atoms with E-state index < -0.39 is 5.54 Å². The molecule has 6 nitrogen and oxygen atoms in total. The number of imidazole rings is 1. The highest BCUT2D eigenvalue weighted by molar-refractivity contribution is 5.68. The molecular weight excluding hydrogens is 242 g/mol. The summed E-state index contributed by atoms with van der Waals surface area (Å²) in [5, 5.41) is 9.47. The van der Waals surface area contributed by atoms with Crippen LogP contribution in [0.4, 0.5) is 0 Å². The number of aliphatic hydroxyl groups excluding tert-OH is 1. The highest BCUT2D eigenvalue weighted by atomic mass is 16.3. The number of hydrogen-bond donors (Lipinski definition) is 3. The van der Waals surface area contributed by atoms with E-state index in [4.69, 9.17) is 5.73 Å². The Morgan fingerprint density at radius 2 is 2.11 bits per heavy atom. The fraction of sp³-hybridized carbons (Fsp3) is 0.615. The summed E-state index contributed by atoms with van der Waals surface area (Å²) in [6, 6.07) is 0. The van der Waals surface area contributed by atoms with Gasteiger partial charge in [-0.25, -0.2) is 15.0 Å². The van der Waals surface area contributed by atoms with Crippen molar-refractivity contribution in [1.29, 1.82) is 0 Å². The number of rotatable bonds is 5. The van der Waals surface area contributed by atoms with Gasteiger partial charge in [-0.1, -0.05) is 13.8 Å². The van der Waals surface area contributed by atoms with E-state index >= 15 is 0 Å². The van der Waals surface area contributed by atoms with Gasteiger partial charge in [-0.3, -0.25) is 0 Å². The third kappa shape index (κ3) is 2.74. The molecular formula is C13H21N5O. The van der Waals surface area contributed by atoms with Crippen molar-refractivity contribution in [2.45, 2.75) is 45.3 Å². The van der Waals surface area contributed by atoms with Crippen LogP contribution in [0.25, 0.3) is 11.2 Å². The number of aliphatic hydroxyl groups is 1. The Morgan fingerprint density at radius 1 is 1.37 bits per heavy atom. The molecule has 2 unspecified atom stereocenters. The first-order valence-corrected chi connectivity index (χ1v) is 6.57. The van der Waals surface area contributed by atoms with Gasteiger partial charge in [-0.2, -0.15) is 0 Å². The average molecular weight is 263 g/mol. The minimum absolute atomic E-state index is 0.169. The van der Waals surface area contributed by atoms with E-state index in [9.17, 15) is 5.11 Å². The van der Waals surface area contributed by atoms with Crippen molar-refractivity contribution in [3.05, 3.63) is 18.3 Å². The van der Waals surface area contributed by atoms with Gasteiger partial charge >= 0.3 is 0 Å². The van der Waals surface area contributed by atoms with E-state index in [2.05, 4.69) is 19.9 Å². The standard InChI is InChI=1S/C13H21N5O/c1-8(2)13(14,5-4-9(3)19)12-15-6-10-11(18-12)17-7-16-10/h6-9,19H,4-5,14H2,1-3H3,(H,15,16,17,18). The number of H-pyrrole nitrogens is 1. The second kappa shape index (κ2) is 5.22. The topological polar surface area (TPSA) is 101 Å². The predicted molar refractivity (Wildman–Crippen MR) is 73.3 cm³/mol. The molecule has 4 N–H and O–H groups in total. The quantitative estimate of drug-likeness (QED) is 0.755. The molecule has 0 aliphatic rings. The van der Waals surface area contributed by atoms with Crippen LogP contribution in [-0.2, 0) is 5.54 Å². The van der Waals surface area contributed by atoms with Crippen molar-refractivity contribution in [2.24, 2.45) is 11.7 Å². The summed E-state index contributed by atoms with van der Waals surface area (Å²) in [6.07, 6.45) is 4.18. The van der Waals surface area contributed by atoms with E-state index in [-0.39, 0.29) is 12.0 Å². The zero-order valence-electron chi connectivity index (χ0n) is 11.6. The molecule has 0 radical (unpaired) electrons. The van der Waals surface area contributed by atoms with Crippen molar-refractivity contribution in [1.82, 2.24) is 19.9 Å². The molecule has 2 heterocycles. The molecule has 0 amide bonds. The van der Waals surface area contributed by atoms with Gasteiger partial charge in [0.15, 0.2) is 11.5 Å². The number of nitrogens with two attached hydrogens (primary N) is 1. The lowest BCUT2D eigenvalue weighted by atomic mass is 9.81. The van der Waals surface area contributed by atoms with Gasteiger partial charge in [0.1, 0.15) is 5.52 Å². The first-order chi connectivity index (χ1) is 8.93. The predicted octanol–water partition coefficient (Wildman–Crippen LogP) is 1.32. The minimum Gasteiger partial charge on any atom is -0.393 e. The molecule has 0 saturated carbocycles. The normalized spacial score (nSPS) is 16.7. The van der Waals surface area contributed by atoms with Crippen LogP contribution < -0.4 is 5.73 Å². The molecule has 2 aromatic rings. The van der Waals surface area contributed by atoms with Gasteiger partial charge in [0.25, 0.3) is 0 Å². The first-order valence-electron chi connectivity index (χ1n) is 6.57. The molecule has 0 saturated heterocycles. The SMILES string of the molecule is CC(O)CCC(N)(c1ncc2[nH]cnc2n1)C(C)C. The summed E-state index contributed by atoms with van der Waals surface area (Å²) in [5.74, 6) is 0.755. The lowest BCUT2D eigenvalue weighted by molar-refractivity contribution is 0.154. The summed E-state index contributed by atoms with van der Waals surface area (Å²) >= 11 is 0. The van der Waals surface area contributed by atoms with Gasteiger partial charge in [-0.15, -0.1) is 0 Å². The fourth-order valence-corrected chi connectivity index (χ4v) is 2.07. The molecule has 0 spiro atoms. The number of hydrogen-bond acceptors (Lipinski definition) is 5. The summed E-state index contributed by atoms with van der Waals surface area (Å²) in [6.45, 7) is 5.85. The van der Waals surface area contributed by atoms with E-state index in [1.54, 1.807) is 19.4 Å². The van der Waals surface area contributed by atoms with E-state index in [1.807, 2.05) is 13.8 Å². The third-order valence-corrected chi connectivity index (χ3v) is 3.60. The average Bonchev–Trinajstić information content (AvgIpc) is 2.82. The van der Waals surface area contributed by atoms with Crippen LogP contribution in [0.2, 0.25) is 0 Å². The van der Waals surface area contributed by atoms with Crippen molar-refractivity contribution in [2.75, 3.05) is 0 Å². The monoisotopic (exact) mass is 263 g/mol. The van der Waals surface area contributed by atoms with Gasteiger partial charge in [0.05, 0.1) is 24.2 Å². The number of nitrogens with zero attached hydrogens (tertiary/aromatic N) is 3. The van der Waals surface area contributed by atoms with Crippen LogP contribution in [0.15, 0.2) is 12.5 Å². The smallest absolute Gasteiger partial charge is 0.180 e. The second-order valence-electron chi connectivity index (χ2n) is 5.42. The highest BCUT2D eigenvalue weighted by Crippen LogP contribution is 2.30. The number of fused-ring (bicyclic) bond motifs is 1. The van der Waals surface area contributed by atoms with Gasteiger partial charge in [-0.05, 0) is 25.7 Å². The van der Waals surface area contributed by atoms with Crippen molar-refractivity contribution < 1.29 is 5.11 Å². The Labute approximate surface area is 112 Å². The fourth-order valence-electron chi connectivity index (χ4n) is 2.07. The number of nitrogens with one attached hydrogen (secondary N) is 1. The Bertz CT molecular complexity index is 551. The van der Waals surface area contributed by atoms with Crippen LogP contribution >= 0.6 is 0 Å². The van der Waals surface area contributed by atoms with E-state index in [0.29, 0.717) is 24.3 Å². The molecule has 19 heavy (non-hydrogen) atoms. The molecule has 2 atom stereocenters. The summed E-state index contributed by atoms with van der Waals surface area (Å²) < 4.78 is 0. The first kappa shape index (κ1) is 13.9. The summed E-state index contributed by atoms with van der Waals surface area (Å²) in [5.41, 5.74) is 7.27. The number of aromatic nitrogens is 4. The van der Waals surface area contributed by atoms with Crippen LogP contribution in [0.5, 0.6) is 0 Å². The Hall–Kier alpha value is -1.53. The second-order valence-corrected chi connectivity index (χ2v) is 5.42. The van der Waals surface area contributed by atoms with Crippen LogP contribution in [-0.4, -0.2) is 31.1 Å². The van der Waals surface area contributed by atoms with Gasteiger partial charge in [0, 0.05) is 0 Å². The molecule has 0 fully saturated rings. The van der Waals surface area contributed by atoms with Crippen LogP contribution in [0, 0.1) is 5.92 Å². The third-order valence-electron chi connectivity index (χ3n) is 3.60. The maximum atomic E-state index is 9.47. The molecule has 104 valence electrons. The summed E-state index contributed by atoms with van der Waals surface area (Å²) in [7, 11) is 0. The molecule has 2 rings (SSSR count). The van der Waals surface area contributed by atoms with Crippen molar-refractivity contribution in [3.63, 3.8) is 0 Å². The van der Waals surface area contributed by atoms with E-state index in [1.165, 1.54) is 0 Å². The van der Waals surface area contributed by atoms with Crippen molar-refractivity contribution >= 4 is 11.2 Å². The van der Waals surface area contributed by atoms with E-state index in [0.717, 1.165) is 5.52 Å². The highest BCUT2D eigenvalue weighted by Gasteiger charge is 2.34. The minimum atomic E-state index is -0.649. The molecule has 0 aliphatic carbocycles. The maximum absolute atomic E-state index is 9.47. The Kier molecular flexibility index (Phi) is 3.82. The molecule has 0 aliphatic heterocycles. The van der Waals surface area contributed by atoms with Gasteiger partial charge in [0.2, 0.25) is 0 Å². The van der Waals surface area contributed by atoms with Crippen molar-refractivity contribution in [3.8, 4) is 0 Å². The lowest BCUT2D eigenvalue weighted by Gasteiger charge is -2.32. The van der Waals surface area contributed by atoms with Crippen LogP contribution in [0.1, 0.15) is 39.4 Å². The molecule has 6 heteroatoms. The summed E-state index contributed by atoms with van der Waals surface area (Å²) in [4.78, 5) is 15.9. The Balaban J connectivity index is 2.36. The zero-order chi connectivity index (χ0) is 14.0. The maximum Gasteiger partial charge on any atom is 0.180 e. The molecule has 2 aromatic heterocycles. The molecule has 0 aromatic carbocycles. The zero-order valence-corrected chi connectivity index (χ0v) is 11.6. The molecule has 0 bridgehead atoms. The lowest BCUT2D eigenvalue weighted by Crippen LogP contribution is -2.44. The Morgan fingerprint density at radius 3 is 2.74 bits per heavy atom. The van der Waals surface area contributed by atoms with Crippen LogP contribution in [0.3, 0.4) is 0 Å². The largest absolute Gasteiger partial charge is 0.393 e. The van der Waals surface area contributed by atoms with Gasteiger partial charge < -0.3 is 15.8 Å².